The SMILES string of the molecule is c1ccc2c(c1)Sc1cccc3nc(-n4c5ccc6ccccc6c5c5c6ccccc6ccc54)nc-2c13. The lowest BCUT2D eigenvalue weighted by atomic mass is 10.00. The number of hydrogen-bond donors (Lipinski definition) is 0. The molecule has 0 radical (unpaired) electrons. The minimum Gasteiger partial charge on any atom is -0.278 e. The van der Waals surface area contributed by atoms with Crippen LogP contribution in [0.3, 0.4) is 0 Å². The number of hydrogen-bond acceptors (Lipinski definition) is 3. The molecule has 0 fully saturated rings. The molecular formula is C34H19N3S. The Morgan fingerprint density at radius 1 is 0.500 bits per heavy atom. The van der Waals surface area contributed by atoms with Crippen LogP contribution in [0.1, 0.15) is 0 Å². The van der Waals surface area contributed by atoms with Gasteiger partial charge in [-0.2, -0.15) is 0 Å². The fourth-order valence-corrected chi connectivity index (χ4v) is 7.26. The van der Waals surface area contributed by atoms with Crippen LogP contribution in [0.4, 0.5) is 0 Å². The van der Waals surface area contributed by atoms with Gasteiger partial charge in [0, 0.05) is 31.5 Å². The van der Waals surface area contributed by atoms with E-state index < -0.39 is 0 Å². The fraction of sp³-hybridized carbons (Fsp3) is 0. The maximum absolute atomic E-state index is 5.31. The van der Waals surface area contributed by atoms with Gasteiger partial charge in [0.2, 0.25) is 5.95 Å². The lowest BCUT2D eigenvalue weighted by molar-refractivity contribution is 1.01. The third-order valence-electron chi connectivity index (χ3n) is 7.78. The van der Waals surface area contributed by atoms with Crippen LogP contribution in [0.2, 0.25) is 0 Å². The molecule has 9 rings (SSSR count). The Morgan fingerprint density at radius 2 is 1.13 bits per heavy atom. The molecule has 0 N–H and O–H groups in total. The number of rotatable bonds is 1. The van der Waals surface area contributed by atoms with Crippen LogP contribution in [0.25, 0.3) is 71.5 Å². The van der Waals surface area contributed by atoms with E-state index in [9.17, 15) is 0 Å². The van der Waals surface area contributed by atoms with Crippen LogP contribution in [-0.2, 0) is 0 Å². The molecule has 3 nitrogen and oxygen atoms in total. The molecule has 0 amide bonds. The second kappa shape index (κ2) is 7.44. The molecular weight excluding hydrogens is 482 g/mol. The summed E-state index contributed by atoms with van der Waals surface area (Å²) in [5.74, 6) is 0.705. The van der Waals surface area contributed by atoms with Crippen molar-refractivity contribution in [2.45, 2.75) is 9.79 Å². The summed E-state index contributed by atoms with van der Waals surface area (Å²) in [5.41, 5.74) is 5.39. The minimum absolute atomic E-state index is 0.705. The van der Waals surface area contributed by atoms with E-state index in [2.05, 4.69) is 120 Å². The Morgan fingerprint density at radius 3 is 1.87 bits per heavy atom. The number of aromatic nitrogens is 3. The molecule has 0 unspecified atom stereocenters. The molecule has 176 valence electrons. The van der Waals surface area contributed by atoms with Gasteiger partial charge < -0.3 is 0 Å². The molecule has 0 bridgehead atoms. The highest BCUT2D eigenvalue weighted by Gasteiger charge is 2.24. The van der Waals surface area contributed by atoms with Crippen LogP contribution in [0.15, 0.2) is 125 Å². The maximum atomic E-state index is 5.31. The van der Waals surface area contributed by atoms with Gasteiger partial charge in [-0.1, -0.05) is 96.7 Å². The van der Waals surface area contributed by atoms with Crippen molar-refractivity contribution in [3.05, 3.63) is 115 Å². The van der Waals surface area contributed by atoms with Crippen molar-refractivity contribution in [2.75, 3.05) is 0 Å². The van der Waals surface area contributed by atoms with Crippen LogP contribution in [0.5, 0.6) is 0 Å². The minimum atomic E-state index is 0.705. The second-order valence-corrected chi connectivity index (χ2v) is 10.9. The van der Waals surface area contributed by atoms with Gasteiger partial charge in [0.05, 0.1) is 22.2 Å². The molecule has 8 aromatic rings. The lowest BCUT2D eigenvalue weighted by Crippen LogP contribution is -2.05. The summed E-state index contributed by atoms with van der Waals surface area (Å²) in [6.07, 6.45) is 0. The van der Waals surface area contributed by atoms with E-state index in [1.54, 1.807) is 11.8 Å². The molecule has 1 aliphatic rings. The molecule has 1 aliphatic heterocycles. The number of fused-ring (bicyclic) bond motifs is 9. The highest BCUT2D eigenvalue weighted by Crippen LogP contribution is 2.47. The average Bonchev–Trinajstić information content (AvgIpc) is 3.32. The van der Waals surface area contributed by atoms with Crippen molar-refractivity contribution in [1.29, 1.82) is 0 Å². The van der Waals surface area contributed by atoms with E-state index in [0.29, 0.717) is 5.95 Å². The smallest absolute Gasteiger partial charge is 0.235 e. The van der Waals surface area contributed by atoms with Crippen molar-refractivity contribution in [3.8, 4) is 17.2 Å². The average molecular weight is 502 g/mol. The summed E-state index contributed by atoms with van der Waals surface area (Å²) < 4.78 is 2.26. The third kappa shape index (κ3) is 2.65. The number of nitrogens with zero attached hydrogens (tertiary/aromatic N) is 3. The molecule has 0 saturated carbocycles. The van der Waals surface area contributed by atoms with E-state index in [1.807, 2.05) is 0 Å². The highest BCUT2D eigenvalue weighted by atomic mass is 32.2. The summed E-state index contributed by atoms with van der Waals surface area (Å²) in [7, 11) is 0. The zero-order valence-corrected chi connectivity index (χ0v) is 21.0. The van der Waals surface area contributed by atoms with Crippen LogP contribution in [-0.4, -0.2) is 14.5 Å². The topological polar surface area (TPSA) is 30.7 Å². The van der Waals surface area contributed by atoms with E-state index in [-0.39, 0.29) is 0 Å². The van der Waals surface area contributed by atoms with E-state index in [4.69, 9.17) is 9.97 Å². The Bertz CT molecular complexity index is 2190. The molecule has 0 atom stereocenters. The van der Waals surface area contributed by atoms with Gasteiger partial charge >= 0.3 is 0 Å². The Hall–Kier alpha value is -4.67. The Kier molecular flexibility index (Phi) is 3.99. The first-order chi connectivity index (χ1) is 18.8. The maximum Gasteiger partial charge on any atom is 0.235 e. The zero-order chi connectivity index (χ0) is 24.8. The van der Waals surface area contributed by atoms with Gasteiger partial charge in [0.1, 0.15) is 0 Å². The van der Waals surface area contributed by atoms with Crippen LogP contribution < -0.4 is 0 Å². The van der Waals surface area contributed by atoms with E-state index in [0.717, 1.165) is 27.6 Å². The molecule has 38 heavy (non-hydrogen) atoms. The molecule has 6 aromatic carbocycles. The molecule has 2 aromatic heterocycles. The summed E-state index contributed by atoms with van der Waals surface area (Å²) in [6, 6.07) is 41.1. The molecule has 0 saturated heterocycles. The van der Waals surface area contributed by atoms with Crippen molar-refractivity contribution in [2.24, 2.45) is 0 Å². The van der Waals surface area contributed by atoms with Crippen molar-refractivity contribution in [3.63, 3.8) is 0 Å². The fourth-order valence-electron chi connectivity index (χ4n) is 6.15. The van der Waals surface area contributed by atoms with Crippen molar-refractivity contribution in [1.82, 2.24) is 14.5 Å². The quantitative estimate of drug-likeness (QED) is 0.225. The molecule has 0 spiro atoms. The van der Waals surface area contributed by atoms with Gasteiger partial charge in [-0.3, -0.25) is 4.57 Å². The van der Waals surface area contributed by atoms with Crippen LogP contribution in [0, 0.1) is 0 Å². The van der Waals surface area contributed by atoms with Gasteiger partial charge in [-0.05, 0) is 51.9 Å². The first-order valence-electron chi connectivity index (χ1n) is 12.8. The normalized spacial score (nSPS) is 12.6. The van der Waals surface area contributed by atoms with Gasteiger partial charge in [-0.25, -0.2) is 9.97 Å². The lowest BCUT2D eigenvalue weighted by Gasteiger charge is -2.20. The molecule has 4 heteroatoms. The monoisotopic (exact) mass is 501 g/mol. The standard InChI is InChI=1S/C34H19N3S/c1-3-10-22-20(8-1)16-18-26-30(22)31-23-11-4-2-9-21(23)17-19-27(31)37(26)34-35-25-13-7-15-29-32(25)33(36-34)24-12-5-6-14-28(24)38-29/h1-19H. The summed E-state index contributed by atoms with van der Waals surface area (Å²) in [6.45, 7) is 0. The first-order valence-corrected chi connectivity index (χ1v) is 13.6. The largest absolute Gasteiger partial charge is 0.278 e. The molecule has 3 heterocycles. The predicted molar refractivity (Wildman–Crippen MR) is 158 cm³/mol. The summed E-state index contributed by atoms with van der Waals surface area (Å²) >= 11 is 1.80. The second-order valence-electron chi connectivity index (χ2n) is 9.82. The Labute approximate surface area is 222 Å². The third-order valence-corrected chi connectivity index (χ3v) is 8.92. The number of benzene rings is 6. The first kappa shape index (κ1) is 20.4. The van der Waals surface area contributed by atoms with Crippen LogP contribution >= 0.6 is 11.8 Å². The molecule has 0 aliphatic carbocycles. The zero-order valence-electron chi connectivity index (χ0n) is 20.2. The predicted octanol–water partition coefficient (Wildman–Crippen LogP) is 9.16. The summed E-state index contributed by atoms with van der Waals surface area (Å²) in [4.78, 5) is 12.9. The van der Waals surface area contributed by atoms with Gasteiger partial charge in [-0.15, -0.1) is 0 Å². The highest BCUT2D eigenvalue weighted by molar-refractivity contribution is 7.99. The van der Waals surface area contributed by atoms with E-state index >= 15 is 0 Å². The van der Waals surface area contributed by atoms with Crippen molar-refractivity contribution >= 4 is 66.0 Å². The van der Waals surface area contributed by atoms with Crippen molar-refractivity contribution < 1.29 is 0 Å². The van der Waals surface area contributed by atoms with Gasteiger partial charge in [0.25, 0.3) is 0 Å². The van der Waals surface area contributed by atoms with Gasteiger partial charge in [0.15, 0.2) is 0 Å². The Balaban J connectivity index is 1.49. The summed E-state index contributed by atoms with van der Waals surface area (Å²) in [5, 5.41) is 8.59. The van der Waals surface area contributed by atoms with E-state index in [1.165, 1.54) is 47.7 Å².